The summed E-state index contributed by atoms with van der Waals surface area (Å²) in [7, 11) is 0. The van der Waals surface area contributed by atoms with Gasteiger partial charge in [-0.3, -0.25) is 0 Å². The highest BCUT2D eigenvalue weighted by atomic mass is 19.1. The van der Waals surface area contributed by atoms with Crippen molar-refractivity contribution in [3.8, 4) is 16.9 Å². The van der Waals surface area contributed by atoms with Crippen LogP contribution in [0.3, 0.4) is 0 Å². The molecule has 1 aliphatic rings. The van der Waals surface area contributed by atoms with E-state index in [2.05, 4.69) is 5.32 Å². The summed E-state index contributed by atoms with van der Waals surface area (Å²) in [4.78, 5) is 12.2. The average molecular weight is 441 g/mol. The molecule has 0 spiro atoms. The molecule has 0 fully saturated rings. The Morgan fingerprint density at radius 1 is 1.00 bits per heavy atom. The van der Waals surface area contributed by atoms with Crippen molar-refractivity contribution in [1.82, 2.24) is 5.32 Å². The molecule has 0 aromatic heterocycles. The molecular formula is C24H21F2NO5. The summed E-state index contributed by atoms with van der Waals surface area (Å²) in [6.45, 7) is -0.399. The highest BCUT2D eigenvalue weighted by Gasteiger charge is 2.29. The van der Waals surface area contributed by atoms with Gasteiger partial charge >= 0.3 is 6.09 Å². The minimum Gasteiger partial charge on any atom is -0.505 e. The van der Waals surface area contributed by atoms with Gasteiger partial charge in [-0.05, 0) is 28.3 Å². The highest BCUT2D eigenvalue weighted by Crippen LogP contribution is 2.44. The molecule has 4 rings (SSSR count). The number of aliphatic hydroxyl groups is 2. The Balaban J connectivity index is 1.36. The van der Waals surface area contributed by atoms with Crippen LogP contribution in [-0.2, 0) is 4.74 Å². The number of aromatic hydroxyl groups is 1. The van der Waals surface area contributed by atoms with E-state index in [4.69, 9.17) is 4.74 Å². The first-order valence-corrected chi connectivity index (χ1v) is 9.99. The molecule has 0 radical (unpaired) electrons. The first kappa shape index (κ1) is 21.7. The first-order valence-electron chi connectivity index (χ1n) is 9.99. The van der Waals surface area contributed by atoms with Crippen molar-refractivity contribution in [3.05, 3.63) is 89.0 Å². The van der Waals surface area contributed by atoms with Gasteiger partial charge < -0.3 is 25.4 Å². The van der Waals surface area contributed by atoms with Crippen LogP contribution >= 0.6 is 0 Å². The smallest absolute Gasteiger partial charge is 0.407 e. The van der Waals surface area contributed by atoms with E-state index in [1.165, 1.54) is 0 Å². The maximum absolute atomic E-state index is 13.5. The summed E-state index contributed by atoms with van der Waals surface area (Å²) in [5, 5.41) is 32.2. The van der Waals surface area contributed by atoms with Gasteiger partial charge in [0.1, 0.15) is 24.6 Å². The van der Waals surface area contributed by atoms with Crippen LogP contribution in [0.2, 0.25) is 0 Å². The topological polar surface area (TPSA) is 99.0 Å². The van der Waals surface area contributed by atoms with E-state index in [1.807, 2.05) is 48.5 Å². The van der Waals surface area contributed by atoms with E-state index in [9.17, 15) is 28.9 Å². The fraction of sp³-hybridized carbons (Fsp3) is 0.208. The fourth-order valence-electron chi connectivity index (χ4n) is 3.97. The van der Waals surface area contributed by atoms with Crippen LogP contribution < -0.4 is 5.32 Å². The van der Waals surface area contributed by atoms with Crippen molar-refractivity contribution in [1.29, 1.82) is 0 Å². The number of aliphatic hydroxyl groups excluding tert-OH is 2. The molecule has 4 N–H and O–H groups in total. The number of nitrogens with one attached hydrogen (secondary N) is 1. The largest absolute Gasteiger partial charge is 0.505 e. The van der Waals surface area contributed by atoms with Crippen LogP contribution in [0.15, 0.2) is 60.7 Å². The highest BCUT2D eigenvalue weighted by molar-refractivity contribution is 5.79. The van der Waals surface area contributed by atoms with Crippen LogP contribution in [0.4, 0.5) is 13.6 Å². The lowest BCUT2D eigenvalue weighted by Crippen LogP contribution is -2.36. The Morgan fingerprint density at radius 2 is 1.59 bits per heavy atom. The number of amides is 1. The molecule has 1 aliphatic carbocycles. The number of benzene rings is 3. The van der Waals surface area contributed by atoms with Gasteiger partial charge in [0.25, 0.3) is 0 Å². The Morgan fingerprint density at radius 3 is 2.22 bits per heavy atom. The predicted octanol–water partition coefficient (Wildman–Crippen LogP) is 3.60. The minimum atomic E-state index is -1.82. The van der Waals surface area contributed by atoms with E-state index >= 15 is 0 Å². The van der Waals surface area contributed by atoms with Crippen molar-refractivity contribution < 1.29 is 33.6 Å². The van der Waals surface area contributed by atoms with E-state index in [0.29, 0.717) is 12.1 Å². The number of carbonyl (C=O) groups excluding carboxylic acids is 1. The maximum atomic E-state index is 13.5. The van der Waals surface area contributed by atoms with Gasteiger partial charge in [-0.15, -0.1) is 0 Å². The number of carbonyl (C=O) groups is 1. The average Bonchev–Trinajstić information content (AvgIpc) is 3.11. The number of ether oxygens (including phenoxy) is 1. The standard InChI is InChI=1S/C24H21F2NO5/c25-13-9-18(22(29)20(26)10-13)23(30)21(28)11-27-24(31)32-12-19-16-7-3-1-5-14(16)15-6-2-4-8-17(15)19/h1-10,19,21,23,28-30H,11-12H2,(H,27,31). The van der Waals surface area contributed by atoms with Gasteiger partial charge in [0, 0.05) is 24.1 Å². The van der Waals surface area contributed by atoms with Crippen LogP contribution in [0, 0.1) is 11.6 Å². The molecule has 0 bridgehead atoms. The van der Waals surface area contributed by atoms with Gasteiger partial charge in [0.15, 0.2) is 11.6 Å². The van der Waals surface area contributed by atoms with Gasteiger partial charge in [-0.25, -0.2) is 13.6 Å². The van der Waals surface area contributed by atoms with Crippen LogP contribution in [0.5, 0.6) is 5.75 Å². The molecule has 6 nitrogen and oxygen atoms in total. The Bertz CT molecular complexity index is 1110. The third kappa shape index (κ3) is 4.15. The summed E-state index contributed by atoms with van der Waals surface area (Å²) in [5.74, 6) is -3.41. The predicted molar refractivity (Wildman–Crippen MR) is 112 cm³/mol. The van der Waals surface area contributed by atoms with Gasteiger partial charge in [-0.2, -0.15) is 0 Å². The molecule has 3 aromatic carbocycles. The van der Waals surface area contributed by atoms with Crippen molar-refractivity contribution in [2.45, 2.75) is 18.1 Å². The Labute approximate surface area is 182 Å². The second-order valence-electron chi connectivity index (χ2n) is 7.54. The molecule has 0 saturated carbocycles. The first-order chi connectivity index (χ1) is 15.4. The number of phenolic OH excluding ortho intramolecular Hbond substituents is 1. The quantitative estimate of drug-likeness (QED) is 0.469. The van der Waals surface area contributed by atoms with Crippen LogP contribution in [0.1, 0.15) is 28.7 Å². The SMILES string of the molecule is O=C(NCC(O)C(O)c1cc(F)cc(F)c1O)OCC1c2ccccc2-c2ccccc21. The summed E-state index contributed by atoms with van der Waals surface area (Å²) in [5.41, 5.74) is 3.72. The van der Waals surface area contributed by atoms with Crippen molar-refractivity contribution in [3.63, 3.8) is 0 Å². The minimum absolute atomic E-state index is 0.0639. The molecule has 0 aliphatic heterocycles. The molecule has 0 saturated heterocycles. The van der Waals surface area contributed by atoms with E-state index in [0.717, 1.165) is 22.3 Å². The second-order valence-corrected chi connectivity index (χ2v) is 7.54. The lowest BCUT2D eigenvalue weighted by molar-refractivity contribution is 0.0168. The van der Waals surface area contributed by atoms with Gasteiger partial charge in [0.2, 0.25) is 0 Å². The number of hydrogen-bond donors (Lipinski definition) is 4. The number of phenols is 1. The number of fused-ring (bicyclic) bond motifs is 3. The summed E-state index contributed by atoms with van der Waals surface area (Å²) in [6, 6.07) is 16.9. The number of rotatable bonds is 6. The molecule has 166 valence electrons. The van der Waals surface area contributed by atoms with Crippen LogP contribution in [-0.4, -0.2) is 40.7 Å². The molecule has 3 aromatic rings. The molecule has 8 heteroatoms. The molecule has 32 heavy (non-hydrogen) atoms. The Hall–Kier alpha value is -3.49. The van der Waals surface area contributed by atoms with Gasteiger partial charge in [-0.1, -0.05) is 48.5 Å². The number of alkyl carbamates (subject to hydrolysis) is 1. The zero-order valence-corrected chi connectivity index (χ0v) is 16.8. The lowest BCUT2D eigenvalue weighted by atomic mass is 9.98. The fourth-order valence-corrected chi connectivity index (χ4v) is 3.97. The molecule has 0 heterocycles. The molecule has 1 amide bonds. The zero-order chi connectivity index (χ0) is 22.8. The molecular weight excluding hydrogens is 420 g/mol. The lowest BCUT2D eigenvalue weighted by Gasteiger charge is -2.20. The summed E-state index contributed by atoms with van der Waals surface area (Å²) < 4.78 is 32.2. The second kappa shape index (κ2) is 8.94. The van der Waals surface area contributed by atoms with Gasteiger partial charge in [0.05, 0.1) is 0 Å². The van der Waals surface area contributed by atoms with Crippen molar-refractivity contribution >= 4 is 6.09 Å². The third-order valence-electron chi connectivity index (χ3n) is 5.54. The van der Waals surface area contributed by atoms with E-state index < -0.39 is 47.8 Å². The number of halogens is 2. The molecule has 2 atom stereocenters. The summed E-state index contributed by atoms with van der Waals surface area (Å²) in [6.07, 6.45) is -4.29. The zero-order valence-electron chi connectivity index (χ0n) is 16.8. The maximum Gasteiger partial charge on any atom is 0.407 e. The summed E-state index contributed by atoms with van der Waals surface area (Å²) >= 11 is 0. The normalized spacial score (nSPS) is 14.4. The monoisotopic (exact) mass is 441 g/mol. The van der Waals surface area contributed by atoms with E-state index in [-0.39, 0.29) is 12.5 Å². The Kier molecular flexibility index (Phi) is 6.07. The van der Waals surface area contributed by atoms with Crippen molar-refractivity contribution in [2.24, 2.45) is 0 Å². The van der Waals surface area contributed by atoms with Crippen molar-refractivity contribution in [2.75, 3.05) is 13.2 Å². The van der Waals surface area contributed by atoms with E-state index in [1.54, 1.807) is 0 Å². The number of hydrogen-bond acceptors (Lipinski definition) is 5. The third-order valence-corrected chi connectivity index (χ3v) is 5.54. The molecule has 2 unspecified atom stereocenters. The van der Waals surface area contributed by atoms with Crippen LogP contribution in [0.25, 0.3) is 11.1 Å².